The number of aliphatic hydroxyl groups excluding tert-OH is 1. The van der Waals surface area contributed by atoms with Crippen molar-refractivity contribution in [2.45, 2.75) is 38.5 Å². The van der Waals surface area contributed by atoms with Gasteiger partial charge in [-0.1, -0.05) is 19.3 Å². The second kappa shape index (κ2) is 6.47. The van der Waals surface area contributed by atoms with Crippen LogP contribution in [0.3, 0.4) is 0 Å². The summed E-state index contributed by atoms with van der Waals surface area (Å²) in [6, 6.07) is 5.90. The average molecular weight is 340 g/mol. The Labute approximate surface area is 147 Å². The van der Waals surface area contributed by atoms with Crippen molar-refractivity contribution >= 4 is 22.6 Å². The molecule has 1 aromatic carbocycles. The van der Waals surface area contributed by atoms with E-state index in [1.54, 1.807) is 12.0 Å². The zero-order valence-electron chi connectivity index (χ0n) is 14.5. The molecule has 2 aliphatic rings. The van der Waals surface area contributed by atoms with Crippen molar-refractivity contribution in [2.24, 2.45) is 5.92 Å². The van der Waals surface area contributed by atoms with Crippen LogP contribution in [0.25, 0.3) is 10.9 Å². The zero-order valence-corrected chi connectivity index (χ0v) is 14.5. The first-order valence-electron chi connectivity index (χ1n) is 9.08. The quantitative estimate of drug-likeness (QED) is 0.653. The third-order valence-electron chi connectivity index (χ3n) is 5.51. The van der Waals surface area contributed by atoms with Gasteiger partial charge in [0.25, 0.3) is 5.91 Å². The molecule has 5 heteroatoms. The van der Waals surface area contributed by atoms with Gasteiger partial charge in [0.2, 0.25) is 0 Å². The zero-order chi connectivity index (χ0) is 17.4. The van der Waals surface area contributed by atoms with E-state index in [1.807, 2.05) is 18.2 Å². The molecule has 1 saturated carbocycles. The van der Waals surface area contributed by atoms with E-state index in [-0.39, 0.29) is 17.6 Å². The van der Waals surface area contributed by atoms with Crippen LogP contribution in [0.15, 0.2) is 30.0 Å². The summed E-state index contributed by atoms with van der Waals surface area (Å²) < 4.78 is 5.31. The molecule has 0 spiro atoms. The Hall–Kier alpha value is -2.43. The number of nitrogens with zero attached hydrogens (tertiary/aromatic N) is 1. The number of nitrogens with one attached hydrogen (secondary N) is 1. The van der Waals surface area contributed by atoms with Crippen molar-refractivity contribution in [2.75, 3.05) is 18.6 Å². The van der Waals surface area contributed by atoms with Crippen LogP contribution in [0.5, 0.6) is 5.75 Å². The minimum absolute atomic E-state index is 0.139. The molecule has 1 aromatic heterocycles. The first kappa shape index (κ1) is 16.1. The number of aromatic amines is 1. The first-order valence-corrected chi connectivity index (χ1v) is 9.08. The lowest BCUT2D eigenvalue weighted by Gasteiger charge is -2.21. The number of H-pyrrole nitrogens is 1. The van der Waals surface area contributed by atoms with E-state index < -0.39 is 0 Å². The molecule has 132 valence electrons. The molecular formula is C20H24N2O3. The fourth-order valence-corrected chi connectivity index (χ4v) is 4.10. The summed E-state index contributed by atoms with van der Waals surface area (Å²) in [7, 11) is 1.66. The van der Waals surface area contributed by atoms with Gasteiger partial charge in [-0.15, -0.1) is 0 Å². The lowest BCUT2D eigenvalue weighted by molar-refractivity contribution is -0.114. The number of hydrogen-bond acceptors (Lipinski definition) is 3. The lowest BCUT2D eigenvalue weighted by Crippen LogP contribution is -2.28. The van der Waals surface area contributed by atoms with Crippen LogP contribution < -0.4 is 9.64 Å². The van der Waals surface area contributed by atoms with E-state index in [2.05, 4.69) is 4.98 Å². The summed E-state index contributed by atoms with van der Waals surface area (Å²) in [4.78, 5) is 17.8. The predicted octanol–water partition coefficient (Wildman–Crippen LogP) is 4.09. The van der Waals surface area contributed by atoms with E-state index in [0.29, 0.717) is 6.54 Å². The van der Waals surface area contributed by atoms with Gasteiger partial charge in [0.1, 0.15) is 17.3 Å². The molecule has 2 aromatic rings. The molecule has 25 heavy (non-hydrogen) atoms. The number of rotatable bonds is 3. The number of amides is 1. The Bertz CT molecular complexity index is 831. The molecule has 0 saturated heterocycles. The monoisotopic (exact) mass is 340 g/mol. The molecule has 1 aliphatic carbocycles. The SMILES string of the molecule is COc1ccc2[nH]c3c(c2c1)CCN3C(=O)/C=C(\O)C1CCCCC1. The van der Waals surface area contributed by atoms with Crippen LogP contribution in [-0.4, -0.2) is 29.7 Å². The first-order chi connectivity index (χ1) is 12.2. The Morgan fingerprint density at radius 2 is 2.12 bits per heavy atom. The maximum Gasteiger partial charge on any atom is 0.255 e. The van der Waals surface area contributed by atoms with E-state index in [4.69, 9.17) is 4.74 Å². The van der Waals surface area contributed by atoms with Gasteiger partial charge >= 0.3 is 0 Å². The summed E-state index contributed by atoms with van der Waals surface area (Å²) in [5.74, 6) is 1.91. The average Bonchev–Trinajstić information content (AvgIpc) is 3.21. The van der Waals surface area contributed by atoms with Gasteiger partial charge in [0.15, 0.2) is 0 Å². The minimum atomic E-state index is -0.139. The van der Waals surface area contributed by atoms with Crippen LogP contribution in [0, 0.1) is 5.92 Å². The fourth-order valence-electron chi connectivity index (χ4n) is 4.10. The highest BCUT2D eigenvalue weighted by molar-refractivity contribution is 6.05. The highest BCUT2D eigenvalue weighted by atomic mass is 16.5. The van der Waals surface area contributed by atoms with Crippen LogP contribution in [0.2, 0.25) is 0 Å². The van der Waals surface area contributed by atoms with Gasteiger partial charge in [-0.3, -0.25) is 9.69 Å². The van der Waals surface area contributed by atoms with Crippen molar-refractivity contribution in [1.29, 1.82) is 0 Å². The molecule has 1 aliphatic heterocycles. The third kappa shape index (κ3) is 2.88. The van der Waals surface area contributed by atoms with Crippen LogP contribution >= 0.6 is 0 Å². The summed E-state index contributed by atoms with van der Waals surface area (Å²) in [6.45, 7) is 0.640. The molecule has 4 rings (SSSR count). The number of ether oxygens (including phenoxy) is 1. The van der Waals surface area contributed by atoms with Crippen LogP contribution in [-0.2, 0) is 11.2 Å². The Morgan fingerprint density at radius 1 is 1.32 bits per heavy atom. The van der Waals surface area contributed by atoms with Crippen LogP contribution in [0.4, 0.5) is 5.82 Å². The second-order valence-corrected chi connectivity index (χ2v) is 7.01. The molecule has 1 amide bonds. The minimum Gasteiger partial charge on any atom is -0.512 e. The molecule has 2 N–H and O–H groups in total. The molecule has 0 atom stereocenters. The third-order valence-corrected chi connectivity index (χ3v) is 5.51. The fraction of sp³-hybridized carbons (Fsp3) is 0.450. The van der Waals surface area contributed by atoms with Gasteiger partial charge in [-0.05, 0) is 37.5 Å². The number of allylic oxidation sites excluding steroid dienone is 1. The lowest BCUT2D eigenvalue weighted by atomic mass is 9.87. The van der Waals surface area contributed by atoms with E-state index in [0.717, 1.165) is 60.1 Å². The molecule has 0 bridgehead atoms. The summed E-state index contributed by atoms with van der Waals surface area (Å²) >= 11 is 0. The topological polar surface area (TPSA) is 65.6 Å². The molecule has 0 unspecified atom stereocenters. The number of carbonyl (C=O) groups is 1. The van der Waals surface area contributed by atoms with Gasteiger partial charge in [0.05, 0.1) is 7.11 Å². The molecule has 0 radical (unpaired) electrons. The number of benzene rings is 1. The maximum atomic E-state index is 12.7. The van der Waals surface area contributed by atoms with Crippen molar-refractivity contribution in [3.63, 3.8) is 0 Å². The normalized spacial score (nSPS) is 18.6. The summed E-state index contributed by atoms with van der Waals surface area (Å²) in [5.41, 5.74) is 2.15. The van der Waals surface area contributed by atoms with Crippen molar-refractivity contribution < 1.29 is 14.6 Å². The maximum absolute atomic E-state index is 12.7. The number of carbonyl (C=O) groups excluding carboxylic acids is 1. The standard InChI is InChI=1S/C20H24N2O3/c1-25-14-7-8-17-16(11-14)15-9-10-22(20(15)21-17)19(24)12-18(23)13-5-3-2-4-6-13/h7-8,11-13,21,23H,2-6,9-10H2,1H3/b18-12-. The number of hydrogen-bond donors (Lipinski definition) is 2. The van der Waals surface area contributed by atoms with Crippen molar-refractivity contribution in [3.8, 4) is 5.75 Å². The number of methoxy groups -OCH3 is 1. The van der Waals surface area contributed by atoms with E-state index in [1.165, 1.54) is 12.5 Å². The number of anilines is 1. The summed E-state index contributed by atoms with van der Waals surface area (Å²) in [5, 5.41) is 11.4. The number of fused-ring (bicyclic) bond motifs is 3. The second-order valence-electron chi connectivity index (χ2n) is 7.01. The van der Waals surface area contributed by atoms with Crippen LogP contribution in [0.1, 0.15) is 37.7 Å². The summed E-state index contributed by atoms with van der Waals surface area (Å²) in [6.07, 6.45) is 7.69. The number of aromatic nitrogens is 1. The van der Waals surface area contributed by atoms with Gasteiger partial charge in [-0.2, -0.15) is 0 Å². The van der Waals surface area contributed by atoms with Gasteiger partial charge in [-0.25, -0.2) is 0 Å². The largest absolute Gasteiger partial charge is 0.512 e. The smallest absolute Gasteiger partial charge is 0.255 e. The molecule has 5 nitrogen and oxygen atoms in total. The molecular weight excluding hydrogens is 316 g/mol. The Balaban J connectivity index is 1.60. The number of aliphatic hydroxyl groups is 1. The van der Waals surface area contributed by atoms with Gasteiger partial charge in [0, 0.05) is 35.0 Å². The predicted molar refractivity (Wildman–Crippen MR) is 98.2 cm³/mol. The molecule has 1 fully saturated rings. The van der Waals surface area contributed by atoms with Gasteiger partial charge < -0.3 is 14.8 Å². The van der Waals surface area contributed by atoms with Crippen molar-refractivity contribution in [3.05, 3.63) is 35.6 Å². The highest BCUT2D eigenvalue weighted by Crippen LogP contribution is 2.36. The van der Waals surface area contributed by atoms with Crippen molar-refractivity contribution in [1.82, 2.24) is 4.98 Å². The highest BCUT2D eigenvalue weighted by Gasteiger charge is 2.28. The van der Waals surface area contributed by atoms with E-state index in [9.17, 15) is 9.90 Å². The van der Waals surface area contributed by atoms with E-state index >= 15 is 0 Å². The Morgan fingerprint density at radius 3 is 2.88 bits per heavy atom. The molecule has 2 heterocycles. The Kier molecular flexibility index (Phi) is 4.15.